The fourth-order valence-electron chi connectivity index (χ4n) is 1.88. The van der Waals surface area contributed by atoms with Gasteiger partial charge in [-0.2, -0.15) is 0 Å². The number of aliphatic hydroxyl groups is 1. The molecule has 5 nitrogen and oxygen atoms in total. The van der Waals surface area contributed by atoms with E-state index >= 15 is 0 Å². The van der Waals surface area contributed by atoms with Crippen molar-refractivity contribution < 1.29 is 14.6 Å². The van der Waals surface area contributed by atoms with E-state index in [1.165, 1.54) is 0 Å². The second-order valence-electron chi connectivity index (χ2n) is 6.11. The Bertz CT molecular complexity index is 276. The molecule has 0 aromatic carbocycles. The minimum atomic E-state index is -0.479. The molecule has 0 bridgehead atoms. The van der Waals surface area contributed by atoms with Crippen LogP contribution in [0.2, 0.25) is 0 Å². The average molecular weight is 258 g/mol. The van der Waals surface area contributed by atoms with Gasteiger partial charge in [-0.25, -0.2) is 4.79 Å². The predicted molar refractivity (Wildman–Crippen MR) is 70.5 cm³/mol. The van der Waals surface area contributed by atoms with Crippen LogP contribution < -0.4 is 5.32 Å². The number of amides is 1. The Morgan fingerprint density at radius 2 is 2.17 bits per heavy atom. The van der Waals surface area contributed by atoms with E-state index in [0.29, 0.717) is 19.0 Å². The number of nitrogens with zero attached hydrogens (tertiary/aromatic N) is 1. The van der Waals surface area contributed by atoms with Crippen molar-refractivity contribution in [3.8, 4) is 0 Å². The van der Waals surface area contributed by atoms with Gasteiger partial charge in [-0.05, 0) is 39.7 Å². The van der Waals surface area contributed by atoms with Crippen molar-refractivity contribution in [2.24, 2.45) is 5.92 Å². The number of ether oxygens (including phenoxy) is 1. The van der Waals surface area contributed by atoms with E-state index in [-0.39, 0.29) is 18.7 Å². The fourth-order valence-corrected chi connectivity index (χ4v) is 1.88. The highest BCUT2D eigenvalue weighted by Crippen LogP contribution is 2.13. The maximum absolute atomic E-state index is 12.0. The minimum absolute atomic E-state index is 0.0337. The van der Waals surface area contributed by atoms with E-state index in [2.05, 4.69) is 12.2 Å². The van der Waals surface area contributed by atoms with Crippen molar-refractivity contribution >= 4 is 6.09 Å². The van der Waals surface area contributed by atoms with Gasteiger partial charge in [0.2, 0.25) is 0 Å². The van der Waals surface area contributed by atoms with Crippen molar-refractivity contribution in [3.05, 3.63) is 0 Å². The minimum Gasteiger partial charge on any atom is -0.444 e. The summed E-state index contributed by atoms with van der Waals surface area (Å²) in [4.78, 5) is 13.7. The molecule has 2 N–H and O–H groups in total. The smallest absolute Gasteiger partial charge is 0.410 e. The highest BCUT2D eigenvalue weighted by molar-refractivity contribution is 5.68. The van der Waals surface area contributed by atoms with Crippen LogP contribution in [0.25, 0.3) is 0 Å². The van der Waals surface area contributed by atoms with E-state index < -0.39 is 5.60 Å². The van der Waals surface area contributed by atoms with Crippen LogP contribution in [0.5, 0.6) is 0 Å². The Morgan fingerprint density at radius 3 is 2.72 bits per heavy atom. The van der Waals surface area contributed by atoms with E-state index in [1.807, 2.05) is 20.8 Å². The lowest BCUT2D eigenvalue weighted by atomic mass is 10.1. The first kappa shape index (κ1) is 15.2. The zero-order valence-electron chi connectivity index (χ0n) is 11.9. The van der Waals surface area contributed by atoms with Gasteiger partial charge in [0.15, 0.2) is 0 Å². The molecule has 2 atom stereocenters. The monoisotopic (exact) mass is 258 g/mol. The van der Waals surface area contributed by atoms with Crippen LogP contribution in [0.3, 0.4) is 0 Å². The van der Waals surface area contributed by atoms with E-state index in [4.69, 9.17) is 4.74 Å². The van der Waals surface area contributed by atoms with E-state index in [1.54, 1.807) is 4.90 Å². The van der Waals surface area contributed by atoms with Crippen LogP contribution in [0.1, 0.15) is 34.1 Å². The summed E-state index contributed by atoms with van der Waals surface area (Å²) in [6.07, 6.45) is 0.654. The van der Waals surface area contributed by atoms with Gasteiger partial charge in [0, 0.05) is 19.1 Å². The van der Waals surface area contributed by atoms with Crippen LogP contribution >= 0.6 is 0 Å². The molecule has 1 aliphatic heterocycles. The third-order valence-electron chi connectivity index (χ3n) is 2.96. The second kappa shape index (κ2) is 6.38. The molecule has 0 spiro atoms. The molecule has 0 aromatic rings. The molecular weight excluding hydrogens is 232 g/mol. The van der Waals surface area contributed by atoms with Crippen LogP contribution in [-0.2, 0) is 4.74 Å². The Balaban J connectivity index is 2.62. The summed E-state index contributed by atoms with van der Waals surface area (Å²) in [5.41, 5.74) is -0.479. The van der Waals surface area contributed by atoms with Crippen molar-refractivity contribution in [3.63, 3.8) is 0 Å². The molecule has 1 rings (SSSR count). The number of rotatable bonds is 1. The molecule has 5 heteroatoms. The number of nitrogens with one attached hydrogen (secondary N) is 1. The Labute approximate surface area is 109 Å². The largest absolute Gasteiger partial charge is 0.444 e. The third-order valence-corrected chi connectivity index (χ3v) is 2.96. The Hall–Kier alpha value is -0.810. The molecule has 1 aliphatic rings. The van der Waals surface area contributed by atoms with Gasteiger partial charge in [0.25, 0.3) is 0 Å². The topological polar surface area (TPSA) is 61.8 Å². The van der Waals surface area contributed by atoms with Gasteiger partial charge in [-0.1, -0.05) is 6.92 Å². The molecule has 1 amide bonds. The number of hydrogen-bond acceptors (Lipinski definition) is 4. The van der Waals surface area contributed by atoms with Crippen LogP contribution in [0, 0.1) is 5.92 Å². The molecule has 0 radical (unpaired) electrons. The summed E-state index contributed by atoms with van der Waals surface area (Å²) >= 11 is 0. The van der Waals surface area contributed by atoms with Gasteiger partial charge in [0.05, 0.1) is 6.61 Å². The first-order valence-electron chi connectivity index (χ1n) is 6.64. The Kier molecular flexibility index (Phi) is 5.41. The second-order valence-corrected chi connectivity index (χ2v) is 6.11. The molecular formula is C13H26N2O3. The molecule has 106 valence electrons. The zero-order chi connectivity index (χ0) is 13.8. The molecule has 1 unspecified atom stereocenters. The fraction of sp³-hybridized carbons (Fsp3) is 0.923. The van der Waals surface area contributed by atoms with Gasteiger partial charge >= 0.3 is 6.09 Å². The van der Waals surface area contributed by atoms with Gasteiger partial charge in [-0.15, -0.1) is 0 Å². The van der Waals surface area contributed by atoms with Crippen molar-refractivity contribution in [2.45, 2.75) is 45.8 Å². The van der Waals surface area contributed by atoms with Crippen LogP contribution in [0.4, 0.5) is 4.79 Å². The maximum atomic E-state index is 12.0. The van der Waals surface area contributed by atoms with Crippen molar-refractivity contribution in [1.29, 1.82) is 0 Å². The van der Waals surface area contributed by atoms with Crippen molar-refractivity contribution in [1.82, 2.24) is 10.2 Å². The number of aliphatic hydroxyl groups excluding tert-OH is 1. The molecule has 18 heavy (non-hydrogen) atoms. The highest BCUT2D eigenvalue weighted by atomic mass is 16.6. The molecule has 0 aromatic heterocycles. The first-order chi connectivity index (χ1) is 8.31. The van der Waals surface area contributed by atoms with E-state index in [0.717, 1.165) is 13.0 Å². The lowest BCUT2D eigenvalue weighted by molar-refractivity contribution is 0.0191. The molecule has 1 fully saturated rings. The summed E-state index contributed by atoms with van der Waals surface area (Å²) in [5, 5.41) is 12.6. The van der Waals surface area contributed by atoms with Gasteiger partial charge < -0.3 is 20.1 Å². The zero-order valence-corrected chi connectivity index (χ0v) is 11.9. The molecule has 0 saturated carbocycles. The van der Waals surface area contributed by atoms with Gasteiger partial charge in [0.1, 0.15) is 5.60 Å². The third kappa shape index (κ3) is 5.23. The summed E-state index contributed by atoms with van der Waals surface area (Å²) in [7, 11) is 0. The lowest BCUT2D eigenvalue weighted by Gasteiger charge is -2.33. The quantitative estimate of drug-likeness (QED) is 0.742. The van der Waals surface area contributed by atoms with E-state index in [9.17, 15) is 9.90 Å². The normalized spacial score (nSPS) is 26.4. The predicted octanol–water partition coefficient (Wildman–Crippen LogP) is 1.21. The molecule has 0 aliphatic carbocycles. The number of carbonyl (C=O) groups excluding carboxylic acids is 1. The highest BCUT2D eigenvalue weighted by Gasteiger charge is 2.26. The molecule has 1 heterocycles. The van der Waals surface area contributed by atoms with Crippen LogP contribution in [0.15, 0.2) is 0 Å². The number of carbonyl (C=O) groups is 1. The summed E-state index contributed by atoms with van der Waals surface area (Å²) in [5.74, 6) is 0.490. The average Bonchev–Trinajstić information content (AvgIpc) is 2.22. The molecule has 1 saturated heterocycles. The van der Waals surface area contributed by atoms with Crippen LogP contribution in [-0.4, -0.2) is 54.0 Å². The van der Waals surface area contributed by atoms with Crippen molar-refractivity contribution in [2.75, 3.05) is 26.2 Å². The standard InChI is InChI=1S/C13H26N2O3/c1-10-5-6-15(8-11(9-16)14-7-10)12(17)18-13(2,3)4/h10-11,14,16H,5-9H2,1-4H3/t10?,11-/m0/s1. The number of hydrogen-bond donors (Lipinski definition) is 2. The maximum Gasteiger partial charge on any atom is 0.410 e. The van der Waals surface area contributed by atoms with Gasteiger partial charge in [-0.3, -0.25) is 0 Å². The lowest BCUT2D eigenvalue weighted by Crippen LogP contribution is -2.50. The summed E-state index contributed by atoms with van der Waals surface area (Å²) in [6, 6.07) is -0.0692. The summed E-state index contributed by atoms with van der Waals surface area (Å²) in [6.45, 7) is 9.82. The SMILES string of the molecule is CC1CCN(C(=O)OC(C)(C)C)C[C@@H](CO)NC1. The first-order valence-corrected chi connectivity index (χ1v) is 6.64. The Morgan fingerprint density at radius 1 is 1.50 bits per heavy atom. The summed E-state index contributed by atoms with van der Waals surface area (Å²) < 4.78 is 5.38.